The first kappa shape index (κ1) is 12.4. The molecular formula is C11H16N2O3. The lowest BCUT2D eigenvalue weighted by molar-refractivity contribution is -0.147. The van der Waals surface area contributed by atoms with Crippen molar-refractivity contribution in [2.24, 2.45) is 5.41 Å². The maximum Gasteiger partial charge on any atom is 0.347 e. The van der Waals surface area contributed by atoms with Gasteiger partial charge in [-0.2, -0.15) is 0 Å². The lowest BCUT2D eigenvalue weighted by Crippen LogP contribution is -2.29. The fourth-order valence-corrected chi connectivity index (χ4v) is 1.23. The van der Waals surface area contributed by atoms with Crippen molar-refractivity contribution < 1.29 is 9.90 Å². The second-order valence-electron chi connectivity index (χ2n) is 4.55. The van der Waals surface area contributed by atoms with E-state index < -0.39 is 11.4 Å². The minimum atomic E-state index is -0.860. The number of hydrogen-bond acceptors (Lipinski definition) is 3. The molecule has 0 aromatic carbocycles. The first-order valence-electron chi connectivity index (χ1n) is 5.09. The molecule has 1 aromatic heterocycles. The van der Waals surface area contributed by atoms with Crippen molar-refractivity contribution in [2.75, 3.05) is 0 Å². The Kier molecular flexibility index (Phi) is 3.47. The van der Waals surface area contributed by atoms with Crippen LogP contribution in [0.15, 0.2) is 17.2 Å². The van der Waals surface area contributed by atoms with E-state index in [4.69, 9.17) is 5.11 Å². The zero-order chi connectivity index (χ0) is 12.3. The van der Waals surface area contributed by atoms with E-state index in [1.807, 2.05) is 6.92 Å². The number of carboxylic acid groups (broad SMARTS) is 1. The van der Waals surface area contributed by atoms with Gasteiger partial charge in [0, 0.05) is 18.9 Å². The Morgan fingerprint density at radius 2 is 2.19 bits per heavy atom. The van der Waals surface area contributed by atoms with Crippen LogP contribution >= 0.6 is 0 Å². The monoisotopic (exact) mass is 224 g/mol. The molecule has 0 saturated heterocycles. The van der Waals surface area contributed by atoms with Gasteiger partial charge in [-0.3, -0.25) is 9.36 Å². The lowest BCUT2D eigenvalue weighted by atomic mass is 9.90. The van der Waals surface area contributed by atoms with Gasteiger partial charge in [0.15, 0.2) is 0 Å². The predicted octanol–water partition coefficient (Wildman–Crippen LogP) is 1.05. The Morgan fingerprint density at radius 3 is 2.75 bits per heavy atom. The van der Waals surface area contributed by atoms with Crippen LogP contribution in [0.25, 0.3) is 0 Å². The Bertz CT molecular complexity index is 449. The maximum absolute atomic E-state index is 11.4. The van der Waals surface area contributed by atoms with Gasteiger partial charge in [0.2, 0.25) is 0 Å². The highest BCUT2D eigenvalue weighted by Gasteiger charge is 2.26. The van der Waals surface area contributed by atoms with Gasteiger partial charge in [0.05, 0.1) is 5.41 Å². The predicted molar refractivity (Wildman–Crippen MR) is 59.3 cm³/mol. The SMILES string of the molecule is Cc1cnc(=O)n(CCC(C)(C)C(=O)O)c1. The van der Waals surface area contributed by atoms with E-state index in [9.17, 15) is 9.59 Å². The third-order valence-corrected chi connectivity index (χ3v) is 2.54. The van der Waals surface area contributed by atoms with Crippen molar-refractivity contribution in [1.82, 2.24) is 9.55 Å². The third kappa shape index (κ3) is 2.92. The molecule has 0 aliphatic carbocycles. The molecule has 0 unspecified atom stereocenters. The van der Waals surface area contributed by atoms with E-state index in [0.29, 0.717) is 13.0 Å². The van der Waals surface area contributed by atoms with Crippen LogP contribution in [-0.4, -0.2) is 20.6 Å². The first-order chi connectivity index (χ1) is 7.33. The molecule has 1 heterocycles. The number of aryl methyl sites for hydroxylation is 2. The fraction of sp³-hybridized carbons (Fsp3) is 0.545. The minimum absolute atomic E-state index is 0.341. The second kappa shape index (κ2) is 4.47. The van der Waals surface area contributed by atoms with E-state index >= 15 is 0 Å². The van der Waals surface area contributed by atoms with E-state index in [0.717, 1.165) is 5.56 Å². The number of nitrogens with zero attached hydrogens (tertiary/aromatic N) is 2. The summed E-state index contributed by atoms with van der Waals surface area (Å²) in [5.41, 5.74) is -0.289. The van der Waals surface area contributed by atoms with E-state index in [-0.39, 0.29) is 5.69 Å². The Labute approximate surface area is 93.8 Å². The molecule has 1 rings (SSSR count). The Balaban J connectivity index is 2.79. The smallest absolute Gasteiger partial charge is 0.347 e. The molecule has 5 nitrogen and oxygen atoms in total. The Morgan fingerprint density at radius 1 is 1.56 bits per heavy atom. The quantitative estimate of drug-likeness (QED) is 0.829. The summed E-state index contributed by atoms with van der Waals surface area (Å²) in [6.45, 7) is 5.49. The number of hydrogen-bond donors (Lipinski definition) is 1. The van der Waals surface area contributed by atoms with E-state index in [1.54, 1.807) is 20.0 Å². The molecule has 1 aromatic rings. The normalized spacial score (nSPS) is 11.4. The molecule has 0 fully saturated rings. The summed E-state index contributed by atoms with van der Waals surface area (Å²) in [6, 6.07) is 0. The van der Waals surface area contributed by atoms with Crippen LogP contribution in [0.1, 0.15) is 25.8 Å². The summed E-state index contributed by atoms with van der Waals surface area (Å²) in [6.07, 6.45) is 3.59. The van der Waals surface area contributed by atoms with Crippen LogP contribution in [0.4, 0.5) is 0 Å². The molecule has 5 heteroatoms. The molecule has 88 valence electrons. The minimum Gasteiger partial charge on any atom is -0.481 e. The molecule has 0 amide bonds. The molecule has 16 heavy (non-hydrogen) atoms. The van der Waals surface area contributed by atoms with Gasteiger partial charge < -0.3 is 5.11 Å². The molecular weight excluding hydrogens is 208 g/mol. The van der Waals surface area contributed by atoms with Crippen molar-refractivity contribution in [3.05, 3.63) is 28.4 Å². The topological polar surface area (TPSA) is 72.2 Å². The number of carboxylic acids is 1. The number of carbonyl (C=O) groups is 1. The summed E-state index contributed by atoms with van der Waals surface area (Å²) in [5.74, 6) is -0.860. The summed E-state index contributed by atoms with van der Waals surface area (Å²) in [5, 5.41) is 8.94. The van der Waals surface area contributed by atoms with Gasteiger partial charge in [-0.15, -0.1) is 0 Å². The molecule has 0 radical (unpaired) electrons. The van der Waals surface area contributed by atoms with Crippen molar-refractivity contribution in [1.29, 1.82) is 0 Å². The standard InChI is InChI=1S/C11H16N2O3/c1-8-6-12-10(16)13(7-8)5-4-11(2,3)9(14)15/h6-7H,4-5H2,1-3H3,(H,14,15). The zero-order valence-corrected chi connectivity index (χ0v) is 9.73. The van der Waals surface area contributed by atoms with Crippen molar-refractivity contribution >= 4 is 5.97 Å². The first-order valence-corrected chi connectivity index (χ1v) is 5.09. The van der Waals surface area contributed by atoms with Crippen molar-refractivity contribution in [2.45, 2.75) is 33.7 Å². The molecule has 0 aliphatic rings. The lowest BCUT2D eigenvalue weighted by Gasteiger charge is -2.19. The number of rotatable bonds is 4. The van der Waals surface area contributed by atoms with Crippen LogP contribution < -0.4 is 5.69 Å². The van der Waals surface area contributed by atoms with E-state index in [1.165, 1.54) is 10.8 Å². The third-order valence-electron chi connectivity index (χ3n) is 2.54. The molecule has 1 N–H and O–H groups in total. The summed E-state index contributed by atoms with van der Waals surface area (Å²) in [4.78, 5) is 25.9. The number of aromatic nitrogens is 2. The zero-order valence-electron chi connectivity index (χ0n) is 9.73. The molecule has 0 atom stereocenters. The average Bonchev–Trinajstić information content (AvgIpc) is 2.19. The van der Waals surface area contributed by atoms with Crippen LogP contribution in [-0.2, 0) is 11.3 Å². The van der Waals surface area contributed by atoms with Gasteiger partial charge in [-0.05, 0) is 32.8 Å². The number of aliphatic carboxylic acids is 1. The van der Waals surface area contributed by atoms with Crippen LogP contribution in [0.2, 0.25) is 0 Å². The van der Waals surface area contributed by atoms with Crippen LogP contribution in [0.3, 0.4) is 0 Å². The highest BCUT2D eigenvalue weighted by Crippen LogP contribution is 2.20. The van der Waals surface area contributed by atoms with Gasteiger partial charge in [-0.25, -0.2) is 9.78 Å². The van der Waals surface area contributed by atoms with Gasteiger partial charge in [0.25, 0.3) is 0 Å². The van der Waals surface area contributed by atoms with Crippen molar-refractivity contribution in [3.63, 3.8) is 0 Å². The summed E-state index contributed by atoms with van der Waals surface area (Å²) in [7, 11) is 0. The summed E-state index contributed by atoms with van der Waals surface area (Å²) >= 11 is 0. The van der Waals surface area contributed by atoms with Gasteiger partial charge in [-0.1, -0.05) is 0 Å². The average molecular weight is 224 g/mol. The van der Waals surface area contributed by atoms with Gasteiger partial charge >= 0.3 is 11.7 Å². The molecule has 0 saturated carbocycles. The summed E-state index contributed by atoms with van der Waals surface area (Å²) < 4.78 is 1.44. The molecule has 0 aliphatic heterocycles. The molecule has 0 bridgehead atoms. The van der Waals surface area contributed by atoms with Gasteiger partial charge in [0.1, 0.15) is 0 Å². The molecule has 0 spiro atoms. The second-order valence-corrected chi connectivity index (χ2v) is 4.55. The van der Waals surface area contributed by atoms with Crippen LogP contribution in [0.5, 0.6) is 0 Å². The van der Waals surface area contributed by atoms with E-state index in [2.05, 4.69) is 4.98 Å². The highest BCUT2D eigenvalue weighted by molar-refractivity contribution is 5.73. The van der Waals surface area contributed by atoms with Crippen LogP contribution in [0, 0.1) is 12.3 Å². The van der Waals surface area contributed by atoms with Crippen molar-refractivity contribution in [3.8, 4) is 0 Å². The maximum atomic E-state index is 11.4. The largest absolute Gasteiger partial charge is 0.481 e. The fourth-order valence-electron chi connectivity index (χ4n) is 1.23. The highest BCUT2D eigenvalue weighted by atomic mass is 16.4. The Hall–Kier alpha value is -1.65.